The summed E-state index contributed by atoms with van der Waals surface area (Å²) in [7, 11) is 0. The van der Waals surface area contributed by atoms with Gasteiger partial charge >= 0.3 is 0 Å². The topological polar surface area (TPSA) is 21.3 Å². The number of nitrogens with one attached hydrogen (secondary N) is 1. The lowest BCUT2D eigenvalue weighted by Gasteiger charge is -2.17. The van der Waals surface area contributed by atoms with Crippen molar-refractivity contribution in [1.82, 2.24) is 5.32 Å². The SMILES string of the molecule is CCOc1ccccc1CNC1CCCCCC1. The van der Waals surface area contributed by atoms with Crippen LogP contribution >= 0.6 is 0 Å². The van der Waals surface area contributed by atoms with Crippen molar-refractivity contribution in [2.45, 2.75) is 58.0 Å². The van der Waals surface area contributed by atoms with Crippen LogP contribution in [-0.2, 0) is 6.54 Å². The maximum atomic E-state index is 5.66. The molecule has 1 aliphatic rings. The van der Waals surface area contributed by atoms with Crippen LogP contribution in [0.5, 0.6) is 5.75 Å². The van der Waals surface area contributed by atoms with Crippen molar-refractivity contribution in [2.75, 3.05) is 6.61 Å². The second-order valence-electron chi connectivity index (χ2n) is 5.11. The van der Waals surface area contributed by atoms with Crippen molar-refractivity contribution in [2.24, 2.45) is 0 Å². The first kappa shape index (κ1) is 13.4. The molecule has 100 valence electrons. The summed E-state index contributed by atoms with van der Waals surface area (Å²) >= 11 is 0. The summed E-state index contributed by atoms with van der Waals surface area (Å²) in [6.07, 6.45) is 8.24. The van der Waals surface area contributed by atoms with Gasteiger partial charge in [-0.3, -0.25) is 0 Å². The van der Waals surface area contributed by atoms with Gasteiger partial charge in [0.25, 0.3) is 0 Å². The second-order valence-corrected chi connectivity index (χ2v) is 5.11. The van der Waals surface area contributed by atoms with E-state index in [1.165, 1.54) is 44.1 Å². The minimum absolute atomic E-state index is 0.696. The van der Waals surface area contributed by atoms with Crippen molar-refractivity contribution in [1.29, 1.82) is 0 Å². The lowest BCUT2D eigenvalue weighted by atomic mass is 10.1. The molecule has 0 atom stereocenters. The van der Waals surface area contributed by atoms with E-state index < -0.39 is 0 Å². The standard InChI is InChI=1S/C16H25NO/c1-2-18-16-12-8-7-9-14(16)13-17-15-10-5-3-4-6-11-15/h7-9,12,15,17H,2-6,10-11,13H2,1H3. The van der Waals surface area contributed by atoms with E-state index in [1.54, 1.807) is 0 Å². The van der Waals surface area contributed by atoms with Crippen LogP contribution in [0.2, 0.25) is 0 Å². The molecule has 2 nitrogen and oxygen atoms in total. The molecular weight excluding hydrogens is 222 g/mol. The van der Waals surface area contributed by atoms with Crippen LogP contribution in [0.15, 0.2) is 24.3 Å². The van der Waals surface area contributed by atoms with Crippen LogP contribution in [0, 0.1) is 0 Å². The van der Waals surface area contributed by atoms with Gasteiger partial charge in [-0.15, -0.1) is 0 Å². The highest BCUT2D eigenvalue weighted by Crippen LogP contribution is 2.20. The fraction of sp³-hybridized carbons (Fsp3) is 0.625. The van der Waals surface area contributed by atoms with Gasteiger partial charge in [0.1, 0.15) is 5.75 Å². The number of para-hydroxylation sites is 1. The smallest absolute Gasteiger partial charge is 0.123 e. The highest BCUT2D eigenvalue weighted by atomic mass is 16.5. The molecule has 1 saturated carbocycles. The number of hydrogen-bond donors (Lipinski definition) is 1. The van der Waals surface area contributed by atoms with E-state index >= 15 is 0 Å². The van der Waals surface area contributed by atoms with E-state index in [9.17, 15) is 0 Å². The highest BCUT2D eigenvalue weighted by molar-refractivity contribution is 5.33. The highest BCUT2D eigenvalue weighted by Gasteiger charge is 2.12. The van der Waals surface area contributed by atoms with Crippen LogP contribution in [0.1, 0.15) is 51.0 Å². The summed E-state index contributed by atoms with van der Waals surface area (Å²) in [5.74, 6) is 1.03. The fourth-order valence-electron chi connectivity index (χ4n) is 2.68. The Hall–Kier alpha value is -1.02. The van der Waals surface area contributed by atoms with E-state index in [1.807, 2.05) is 13.0 Å². The van der Waals surface area contributed by atoms with Gasteiger partial charge < -0.3 is 10.1 Å². The van der Waals surface area contributed by atoms with E-state index in [0.717, 1.165) is 18.9 Å². The molecular formula is C16H25NO. The first-order valence-corrected chi connectivity index (χ1v) is 7.34. The molecule has 2 heteroatoms. The molecule has 0 spiro atoms. The van der Waals surface area contributed by atoms with Crippen molar-refractivity contribution in [3.05, 3.63) is 29.8 Å². The van der Waals surface area contributed by atoms with Gasteiger partial charge in [-0.1, -0.05) is 43.9 Å². The van der Waals surface area contributed by atoms with Crippen LogP contribution in [-0.4, -0.2) is 12.6 Å². The van der Waals surface area contributed by atoms with Gasteiger partial charge in [-0.25, -0.2) is 0 Å². The van der Waals surface area contributed by atoms with Crippen LogP contribution in [0.4, 0.5) is 0 Å². The van der Waals surface area contributed by atoms with Crippen LogP contribution in [0.25, 0.3) is 0 Å². The Bertz CT molecular complexity index is 343. The maximum Gasteiger partial charge on any atom is 0.123 e. The van der Waals surface area contributed by atoms with Gasteiger partial charge in [0.05, 0.1) is 6.61 Å². The molecule has 1 aliphatic carbocycles. The Balaban J connectivity index is 1.88. The van der Waals surface area contributed by atoms with Crippen molar-refractivity contribution in [3.63, 3.8) is 0 Å². The van der Waals surface area contributed by atoms with Crippen LogP contribution < -0.4 is 10.1 Å². The minimum Gasteiger partial charge on any atom is -0.494 e. The summed E-state index contributed by atoms with van der Waals surface area (Å²) in [5, 5.41) is 3.70. The number of rotatable bonds is 5. The third kappa shape index (κ3) is 4.02. The minimum atomic E-state index is 0.696. The Kier molecular flexibility index (Phi) is 5.53. The third-order valence-electron chi connectivity index (χ3n) is 3.71. The lowest BCUT2D eigenvalue weighted by molar-refractivity contribution is 0.334. The monoisotopic (exact) mass is 247 g/mol. The third-order valence-corrected chi connectivity index (χ3v) is 3.71. The number of hydrogen-bond acceptors (Lipinski definition) is 2. The van der Waals surface area contributed by atoms with Gasteiger partial charge in [-0.05, 0) is 25.8 Å². The normalized spacial score (nSPS) is 17.4. The Morgan fingerprint density at radius 2 is 1.83 bits per heavy atom. The summed E-state index contributed by atoms with van der Waals surface area (Å²) < 4.78 is 5.66. The maximum absolute atomic E-state index is 5.66. The van der Waals surface area contributed by atoms with Crippen molar-refractivity contribution >= 4 is 0 Å². The second kappa shape index (κ2) is 7.42. The Labute approximate surface area is 111 Å². The summed E-state index contributed by atoms with van der Waals surface area (Å²) in [4.78, 5) is 0. The average molecular weight is 247 g/mol. The van der Waals surface area contributed by atoms with E-state index in [-0.39, 0.29) is 0 Å². The molecule has 0 bridgehead atoms. The average Bonchev–Trinajstić information content (AvgIpc) is 2.67. The molecule has 0 amide bonds. The lowest BCUT2D eigenvalue weighted by Crippen LogP contribution is -2.28. The molecule has 1 fully saturated rings. The quantitative estimate of drug-likeness (QED) is 0.797. The zero-order chi connectivity index (χ0) is 12.6. The van der Waals surface area contributed by atoms with Crippen LogP contribution in [0.3, 0.4) is 0 Å². The van der Waals surface area contributed by atoms with Crippen molar-refractivity contribution < 1.29 is 4.74 Å². The van der Waals surface area contributed by atoms with E-state index in [4.69, 9.17) is 4.74 Å². The predicted molar refractivity (Wildman–Crippen MR) is 75.9 cm³/mol. The number of benzene rings is 1. The molecule has 0 radical (unpaired) electrons. The van der Waals surface area contributed by atoms with Gasteiger partial charge in [0.2, 0.25) is 0 Å². The molecule has 0 heterocycles. The van der Waals surface area contributed by atoms with E-state index in [0.29, 0.717) is 6.04 Å². The first-order valence-electron chi connectivity index (χ1n) is 7.34. The molecule has 0 aromatic heterocycles. The molecule has 1 aromatic rings. The molecule has 1 N–H and O–H groups in total. The molecule has 18 heavy (non-hydrogen) atoms. The summed E-state index contributed by atoms with van der Waals surface area (Å²) in [6, 6.07) is 9.05. The predicted octanol–water partition coefficient (Wildman–Crippen LogP) is 3.90. The molecule has 0 aliphatic heterocycles. The molecule has 1 aromatic carbocycles. The van der Waals surface area contributed by atoms with Gasteiger partial charge in [-0.2, -0.15) is 0 Å². The van der Waals surface area contributed by atoms with E-state index in [2.05, 4.69) is 23.5 Å². The summed E-state index contributed by atoms with van der Waals surface area (Å²) in [5.41, 5.74) is 1.28. The summed E-state index contributed by atoms with van der Waals surface area (Å²) in [6.45, 7) is 3.71. The zero-order valence-electron chi connectivity index (χ0n) is 11.5. The molecule has 0 saturated heterocycles. The number of ether oxygens (including phenoxy) is 1. The fourth-order valence-corrected chi connectivity index (χ4v) is 2.68. The van der Waals surface area contributed by atoms with Gasteiger partial charge in [0, 0.05) is 18.2 Å². The zero-order valence-corrected chi connectivity index (χ0v) is 11.5. The Morgan fingerprint density at radius 1 is 1.11 bits per heavy atom. The molecule has 2 rings (SSSR count). The van der Waals surface area contributed by atoms with Gasteiger partial charge in [0.15, 0.2) is 0 Å². The Morgan fingerprint density at radius 3 is 2.56 bits per heavy atom. The molecule has 0 unspecified atom stereocenters. The first-order chi connectivity index (χ1) is 8.90. The largest absolute Gasteiger partial charge is 0.494 e. The van der Waals surface area contributed by atoms with Crippen molar-refractivity contribution in [3.8, 4) is 5.75 Å².